The van der Waals surface area contributed by atoms with Crippen molar-refractivity contribution in [3.8, 4) is 0 Å². The van der Waals surface area contributed by atoms with Crippen molar-refractivity contribution in [2.24, 2.45) is 0 Å². The number of aromatic nitrogens is 1. The van der Waals surface area contributed by atoms with E-state index in [0.717, 1.165) is 0 Å². The molecular weight excluding hydrogens is 229 g/mol. The van der Waals surface area contributed by atoms with Crippen LogP contribution < -0.4 is 21.6 Å². The van der Waals surface area contributed by atoms with Crippen LogP contribution in [0.3, 0.4) is 0 Å². The van der Waals surface area contributed by atoms with Crippen molar-refractivity contribution in [3.05, 3.63) is 28.1 Å². The zero-order valence-electron chi connectivity index (χ0n) is 5.04. The minimum atomic E-state index is -0.233. The number of hydrogen-bond acceptors (Lipinski definition) is 2. The second-order valence-electron chi connectivity index (χ2n) is 1.40. The normalized spacial score (nSPS) is 9.89. The van der Waals surface area contributed by atoms with Gasteiger partial charge in [-0.3, -0.25) is 0 Å². The van der Waals surface area contributed by atoms with Crippen LogP contribution >= 0.6 is 0 Å². The van der Waals surface area contributed by atoms with Crippen LogP contribution in [0.2, 0.25) is 0 Å². The van der Waals surface area contributed by atoms with E-state index in [1.165, 1.54) is 3.57 Å². The molecule has 0 fully saturated rings. The van der Waals surface area contributed by atoms with Crippen molar-refractivity contribution >= 4 is 0 Å². The summed E-state index contributed by atoms with van der Waals surface area (Å²) in [5.74, 6) is 0. The van der Waals surface area contributed by atoms with E-state index in [-0.39, 0.29) is 21.6 Å². The van der Waals surface area contributed by atoms with E-state index in [1.54, 1.807) is 13.3 Å². The maximum absolute atomic E-state index is 5.00. The second kappa shape index (κ2) is 3.79. The molecule has 0 bridgehead atoms. The Bertz CT molecular complexity index is 166. The Labute approximate surface area is 65.1 Å². The summed E-state index contributed by atoms with van der Waals surface area (Å²) in [5.41, 5.74) is 0. The molecule has 3 heteroatoms. The third-order valence-electron chi connectivity index (χ3n) is 0.792. The average molecular weight is 236 g/mol. The molecule has 0 N–H and O–H groups in total. The molecule has 0 aliphatic carbocycles. The first-order valence-electron chi connectivity index (χ1n) is 2.51. The molecule has 0 aliphatic heterocycles. The quantitative estimate of drug-likeness (QED) is 0.549. The molecule has 0 aliphatic rings. The molecule has 9 heavy (non-hydrogen) atoms. The van der Waals surface area contributed by atoms with Gasteiger partial charge in [0.25, 0.3) is 0 Å². The zero-order chi connectivity index (χ0) is 6.53. The van der Waals surface area contributed by atoms with Gasteiger partial charge in [0, 0.05) is 0 Å². The molecule has 2 nitrogen and oxygen atoms in total. The van der Waals surface area contributed by atoms with E-state index in [1.807, 2.05) is 18.3 Å². The molecular formula is C6H7INO-. The van der Waals surface area contributed by atoms with Crippen LogP contribution in [0.25, 0.3) is 0 Å². The number of hydrogen-bond donors (Lipinski definition) is 0. The molecule has 0 amide bonds. The molecule has 1 rings (SSSR count). The standard InChI is InChI=1S/C6H7INO/c1-9-7-6-3-2-4-8-5-6/h2-5H,1H3/q-1. The van der Waals surface area contributed by atoms with Crippen molar-refractivity contribution in [2.45, 2.75) is 0 Å². The van der Waals surface area contributed by atoms with Crippen LogP contribution in [0.15, 0.2) is 24.5 Å². The molecule has 0 unspecified atom stereocenters. The average Bonchev–Trinajstić information content (AvgIpc) is 1.91. The van der Waals surface area contributed by atoms with E-state index in [2.05, 4.69) is 4.98 Å². The number of nitrogens with zero attached hydrogens (tertiary/aromatic N) is 1. The predicted molar refractivity (Wildman–Crippen MR) is 29.9 cm³/mol. The first-order chi connectivity index (χ1) is 4.43. The van der Waals surface area contributed by atoms with Gasteiger partial charge in [0.15, 0.2) is 0 Å². The number of pyridine rings is 1. The van der Waals surface area contributed by atoms with Gasteiger partial charge in [-0.25, -0.2) is 0 Å². The molecule has 1 heterocycles. The van der Waals surface area contributed by atoms with Gasteiger partial charge in [0.1, 0.15) is 0 Å². The van der Waals surface area contributed by atoms with Crippen molar-refractivity contribution in [3.63, 3.8) is 0 Å². The van der Waals surface area contributed by atoms with Crippen LogP contribution in [-0.2, 0) is 3.07 Å². The maximum atomic E-state index is 5.00. The fourth-order valence-electron chi connectivity index (χ4n) is 0.477. The van der Waals surface area contributed by atoms with Crippen molar-refractivity contribution < 1.29 is 24.7 Å². The van der Waals surface area contributed by atoms with E-state index < -0.39 is 0 Å². The van der Waals surface area contributed by atoms with E-state index in [9.17, 15) is 0 Å². The van der Waals surface area contributed by atoms with Crippen LogP contribution in [0.1, 0.15) is 0 Å². The monoisotopic (exact) mass is 236 g/mol. The molecule has 0 saturated carbocycles. The fourth-order valence-corrected chi connectivity index (χ4v) is 1.61. The van der Waals surface area contributed by atoms with E-state index >= 15 is 0 Å². The van der Waals surface area contributed by atoms with Crippen molar-refractivity contribution in [2.75, 3.05) is 7.11 Å². The third-order valence-corrected chi connectivity index (χ3v) is 2.38. The van der Waals surface area contributed by atoms with E-state index in [4.69, 9.17) is 3.07 Å². The molecule has 0 saturated heterocycles. The summed E-state index contributed by atoms with van der Waals surface area (Å²) in [4.78, 5) is 3.95. The zero-order valence-corrected chi connectivity index (χ0v) is 7.20. The Morgan fingerprint density at radius 3 is 3.11 bits per heavy atom. The van der Waals surface area contributed by atoms with E-state index in [0.29, 0.717) is 0 Å². The molecule has 0 spiro atoms. The Morgan fingerprint density at radius 1 is 1.67 bits per heavy atom. The Hall–Kier alpha value is -0.160. The first kappa shape index (κ1) is 6.95. The molecule has 1 aromatic heterocycles. The first-order valence-corrected chi connectivity index (χ1v) is 4.47. The SMILES string of the molecule is CO[I-]c1cccnc1. The Kier molecular flexibility index (Phi) is 2.93. The van der Waals surface area contributed by atoms with Gasteiger partial charge in [0.2, 0.25) is 0 Å². The van der Waals surface area contributed by atoms with Crippen LogP contribution in [0, 0.1) is 3.57 Å². The molecule has 1 aromatic rings. The Balaban J connectivity index is 2.61. The molecule has 0 atom stereocenters. The summed E-state index contributed by atoms with van der Waals surface area (Å²) >= 11 is -0.233. The number of halogens is 1. The molecule has 50 valence electrons. The molecule has 0 radical (unpaired) electrons. The Morgan fingerprint density at radius 2 is 2.56 bits per heavy atom. The summed E-state index contributed by atoms with van der Waals surface area (Å²) in [6.07, 6.45) is 3.61. The fraction of sp³-hybridized carbons (Fsp3) is 0.167. The van der Waals surface area contributed by atoms with Gasteiger partial charge in [-0.05, 0) is 0 Å². The van der Waals surface area contributed by atoms with Crippen LogP contribution in [0.4, 0.5) is 0 Å². The van der Waals surface area contributed by atoms with Crippen LogP contribution in [-0.4, -0.2) is 12.1 Å². The third kappa shape index (κ3) is 2.28. The summed E-state index contributed by atoms with van der Waals surface area (Å²) in [6, 6.07) is 3.96. The van der Waals surface area contributed by atoms with Gasteiger partial charge >= 0.3 is 64.9 Å². The number of rotatable bonds is 2. The van der Waals surface area contributed by atoms with Gasteiger partial charge in [-0.15, -0.1) is 0 Å². The summed E-state index contributed by atoms with van der Waals surface area (Å²) in [7, 11) is 1.72. The summed E-state index contributed by atoms with van der Waals surface area (Å²) < 4.78 is 6.22. The minimum absolute atomic E-state index is 0.233. The second-order valence-corrected chi connectivity index (χ2v) is 3.97. The molecule has 0 aromatic carbocycles. The summed E-state index contributed by atoms with van der Waals surface area (Å²) in [6.45, 7) is 0. The topological polar surface area (TPSA) is 22.1 Å². The summed E-state index contributed by atoms with van der Waals surface area (Å²) in [5, 5.41) is 0. The van der Waals surface area contributed by atoms with Gasteiger partial charge < -0.3 is 0 Å². The predicted octanol–water partition coefficient (Wildman–Crippen LogP) is -2.10. The van der Waals surface area contributed by atoms with Crippen LogP contribution in [0.5, 0.6) is 0 Å². The van der Waals surface area contributed by atoms with Gasteiger partial charge in [-0.2, -0.15) is 0 Å². The van der Waals surface area contributed by atoms with Crippen molar-refractivity contribution in [1.29, 1.82) is 0 Å². The van der Waals surface area contributed by atoms with Crippen molar-refractivity contribution in [1.82, 2.24) is 4.98 Å². The van der Waals surface area contributed by atoms with Gasteiger partial charge in [0.05, 0.1) is 0 Å². The van der Waals surface area contributed by atoms with Gasteiger partial charge in [-0.1, -0.05) is 0 Å².